The molecule has 0 saturated heterocycles. The molecule has 1 aromatic carbocycles. The normalized spacial score (nSPS) is 18.7. The molecule has 0 bridgehead atoms. The number of nitrogens with one attached hydrogen (secondary N) is 1. The second-order valence-corrected chi connectivity index (χ2v) is 5.26. The fourth-order valence-electron chi connectivity index (χ4n) is 2.76. The van der Waals surface area contributed by atoms with Crippen LogP contribution in [0, 0.1) is 5.82 Å². The lowest BCUT2D eigenvalue weighted by molar-refractivity contribution is 0.242. The third kappa shape index (κ3) is 3.05. The summed E-state index contributed by atoms with van der Waals surface area (Å²) >= 11 is 0. The molecule has 0 spiro atoms. The summed E-state index contributed by atoms with van der Waals surface area (Å²) < 4.78 is 18.7. The second-order valence-electron chi connectivity index (χ2n) is 5.26. The molecule has 2 unspecified atom stereocenters. The maximum absolute atomic E-state index is 13.0. The van der Waals surface area contributed by atoms with Gasteiger partial charge >= 0.3 is 0 Å². The van der Waals surface area contributed by atoms with Crippen LogP contribution in [0.5, 0.6) is 5.75 Å². The number of aromatic nitrogens is 1. The number of hydrogen-bond donors (Lipinski definition) is 1. The minimum atomic E-state index is -0.301. The molecule has 2 aromatic rings. The van der Waals surface area contributed by atoms with Crippen LogP contribution in [0.2, 0.25) is 0 Å². The maximum atomic E-state index is 13.0. The van der Waals surface area contributed by atoms with Crippen LogP contribution >= 0.6 is 0 Å². The molecule has 0 fully saturated rings. The van der Waals surface area contributed by atoms with Crippen LogP contribution in [0.4, 0.5) is 4.39 Å². The Morgan fingerprint density at radius 2 is 2.19 bits per heavy atom. The Morgan fingerprint density at radius 3 is 2.95 bits per heavy atom. The quantitative estimate of drug-likeness (QED) is 0.928. The molecule has 3 rings (SSSR count). The van der Waals surface area contributed by atoms with Crippen molar-refractivity contribution < 1.29 is 9.13 Å². The smallest absolute Gasteiger partial charge is 0.141 e. The Hall–Kier alpha value is -1.94. The van der Waals surface area contributed by atoms with E-state index in [0.717, 1.165) is 24.3 Å². The first kappa shape index (κ1) is 14.0. The Morgan fingerprint density at radius 1 is 1.33 bits per heavy atom. The minimum absolute atomic E-state index is 0.113. The number of rotatable bonds is 4. The van der Waals surface area contributed by atoms with Crippen LogP contribution in [0.15, 0.2) is 42.6 Å². The van der Waals surface area contributed by atoms with Gasteiger partial charge in [-0.2, -0.15) is 0 Å². The van der Waals surface area contributed by atoms with Crippen molar-refractivity contribution in [2.24, 2.45) is 0 Å². The maximum Gasteiger partial charge on any atom is 0.141 e. The zero-order chi connectivity index (χ0) is 14.7. The fraction of sp³-hybridized carbons (Fsp3) is 0.353. The molecule has 1 aliphatic rings. The first-order valence-electron chi connectivity index (χ1n) is 7.37. The van der Waals surface area contributed by atoms with Crippen molar-refractivity contribution in [3.63, 3.8) is 0 Å². The Bertz CT molecular complexity index is 600. The van der Waals surface area contributed by atoms with Gasteiger partial charge in [0.1, 0.15) is 11.6 Å². The number of benzene rings is 1. The molecule has 3 nitrogen and oxygen atoms in total. The summed E-state index contributed by atoms with van der Waals surface area (Å²) in [6.45, 7) is 2.82. The summed E-state index contributed by atoms with van der Waals surface area (Å²) in [6, 6.07) is 11.7. The summed E-state index contributed by atoms with van der Waals surface area (Å²) in [5.74, 6) is 0.646. The number of pyridine rings is 1. The number of para-hydroxylation sites is 1. The molecule has 0 aliphatic carbocycles. The second kappa shape index (κ2) is 6.22. The highest BCUT2D eigenvalue weighted by Crippen LogP contribution is 2.33. The van der Waals surface area contributed by atoms with E-state index in [1.165, 1.54) is 17.8 Å². The van der Waals surface area contributed by atoms with Crippen molar-refractivity contribution >= 4 is 0 Å². The molecule has 1 N–H and O–H groups in total. The SMILES string of the molecule is CCC(NC1CCOc2ccccc21)c1ccc(F)cn1. The zero-order valence-corrected chi connectivity index (χ0v) is 12.1. The molecule has 0 saturated carbocycles. The molecule has 0 amide bonds. The standard InChI is InChI=1S/C17H19FN2O/c1-2-14(16-8-7-12(18)11-19-16)20-15-9-10-21-17-6-4-3-5-13(15)17/h3-8,11,14-15,20H,2,9-10H2,1H3. The van der Waals surface area contributed by atoms with Crippen LogP contribution in [-0.4, -0.2) is 11.6 Å². The van der Waals surface area contributed by atoms with Crippen molar-refractivity contribution in [2.45, 2.75) is 31.8 Å². The number of ether oxygens (including phenoxy) is 1. The molecular formula is C17H19FN2O. The average molecular weight is 286 g/mol. The largest absolute Gasteiger partial charge is 0.493 e. The van der Waals surface area contributed by atoms with Gasteiger partial charge in [-0.15, -0.1) is 0 Å². The van der Waals surface area contributed by atoms with E-state index in [-0.39, 0.29) is 17.9 Å². The summed E-state index contributed by atoms with van der Waals surface area (Å²) in [5.41, 5.74) is 2.06. The highest BCUT2D eigenvalue weighted by Gasteiger charge is 2.24. The van der Waals surface area contributed by atoms with E-state index in [9.17, 15) is 4.39 Å². The van der Waals surface area contributed by atoms with Crippen molar-refractivity contribution in [3.8, 4) is 5.75 Å². The van der Waals surface area contributed by atoms with Crippen LogP contribution in [0.25, 0.3) is 0 Å². The van der Waals surface area contributed by atoms with Gasteiger partial charge in [-0.25, -0.2) is 4.39 Å². The topological polar surface area (TPSA) is 34.1 Å². The molecular weight excluding hydrogens is 267 g/mol. The number of nitrogens with zero attached hydrogens (tertiary/aromatic N) is 1. The van der Waals surface area contributed by atoms with Crippen LogP contribution < -0.4 is 10.1 Å². The Labute approximate surface area is 124 Å². The highest BCUT2D eigenvalue weighted by molar-refractivity contribution is 5.37. The van der Waals surface area contributed by atoms with E-state index < -0.39 is 0 Å². The molecule has 4 heteroatoms. The zero-order valence-electron chi connectivity index (χ0n) is 12.1. The predicted octanol–water partition coefficient (Wildman–Crippen LogP) is 3.79. The lowest BCUT2D eigenvalue weighted by atomic mass is 9.98. The first-order chi connectivity index (χ1) is 10.3. The van der Waals surface area contributed by atoms with Gasteiger partial charge in [-0.1, -0.05) is 25.1 Å². The van der Waals surface area contributed by atoms with Crippen LogP contribution in [0.3, 0.4) is 0 Å². The van der Waals surface area contributed by atoms with Gasteiger partial charge in [-0.05, 0) is 24.6 Å². The van der Waals surface area contributed by atoms with Gasteiger partial charge in [0.25, 0.3) is 0 Å². The molecule has 1 aromatic heterocycles. The van der Waals surface area contributed by atoms with E-state index in [0.29, 0.717) is 6.61 Å². The fourth-order valence-corrected chi connectivity index (χ4v) is 2.76. The minimum Gasteiger partial charge on any atom is -0.493 e. The summed E-state index contributed by atoms with van der Waals surface area (Å²) in [4.78, 5) is 4.20. The number of halogens is 1. The van der Waals surface area contributed by atoms with Crippen molar-refractivity contribution in [2.75, 3.05) is 6.61 Å². The monoisotopic (exact) mass is 286 g/mol. The van der Waals surface area contributed by atoms with E-state index >= 15 is 0 Å². The molecule has 110 valence electrons. The van der Waals surface area contributed by atoms with Crippen LogP contribution in [-0.2, 0) is 0 Å². The van der Waals surface area contributed by atoms with Gasteiger partial charge in [0, 0.05) is 24.1 Å². The van der Waals surface area contributed by atoms with Gasteiger partial charge in [0.2, 0.25) is 0 Å². The van der Waals surface area contributed by atoms with Crippen molar-refractivity contribution in [1.82, 2.24) is 10.3 Å². The summed E-state index contributed by atoms with van der Waals surface area (Å²) in [7, 11) is 0. The van der Waals surface area contributed by atoms with Gasteiger partial charge < -0.3 is 10.1 Å². The van der Waals surface area contributed by atoms with E-state index in [2.05, 4.69) is 23.3 Å². The Kier molecular flexibility index (Phi) is 4.15. The molecule has 2 atom stereocenters. The first-order valence-corrected chi connectivity index (χ1v) is 7.37. The third-order valence-corrected chi connectivity index (χ3v) is 3.88. The summed E-state index contributed by atoms with van der Waals surface area (Å²) in [5, 5.41) is 3.63. The third-order valence-electron chi connectivity index (χ3n) is 3.88. The lowest BCUT2D eigenvalue weighted by Crippen LogP contribution is -2.30. The van der Waals surface area contributed by atoms with Gasteiger partial charge in [0.05, 0.1) is 18.5 Å². The number of hydrogen-bond acceptors (Lipinski definition) is 3. The van der Waals surface area contributed by atoms with Gasteiger partial charge in [0.15, 0.2) is 0 Å². The number of fused-ring (bicyclic) bond motifs is 1. The van der Waals surface area contributed by atoms with E-state index in [1.54, 1.807) is 6.07 Å². The molecule has 0 radical (unpaired) electrons. The van der Waals surface area contributed by atoms with Crippen molar-refractivity contribution in [3.05, 3.63) is 59.7 Å². The average Bonchev–Trinajstić information content (AvgIpc) is 2.54. The van der Waals surface area contributed by atoms with Crippen molar-refractivity contribution in [1.29, 1.82) is 0 Å². The highest BCUT2D eigenvalue weighted by atomic mass is 19.1. The van der Waals surface area contributed by atoms with E-state index in [4.69, 9.17) is 4.74 Å². The van der Waals surface area contributed by atoms with Crippen LogP contribution in [0.1, 0.15) is 43.1 Å². The van der Waals surface area contributed by atoms with Gasteiger partial charge in [-0.3, -0.25) is 4.98 Å². The Balaban J connectivity index is 1.80. The predicted molar refractivity (Wildman–Crippen MR) is 79.7 cm³/mol. The molecule has 2 heterocycles. The van der Waals surface area contributed by atoms with E-state index in [1.807, 2.05) is 18.2 Å². The lowest BCUT2D eigenvalue weighted by Gasteiger charge is -2.30. The molecule has 21 heavy (non-hydrogen) atoms. The molecule has 1 aliphatic heterocycles. The summed E-state index contributed by atoms with van der Waals surface area (Å²) in [6.07, 6.45) is 3.10.